The standard InChI is InChI=1S/C16H22ClNO2/c1-10-4-11(8-16(2,3)7-10)18-13-6-15-14(5-12(13)17)19-9-20-15/h5-6,10-11,18H,4,7-9H2,1-3H3. The van der Waals surface area contributed by atoms with Gasteiger partial charge in [-0.1, -0.05) is 32.4 Å². The normalized spacial score (nSPS) is 27.4. The Balaban J connectivity index is 1.77. The van der Waals surface area contributed by atoms with Crippen molar-refractivity contribution in [3.8, 4) is 11.5 Å². The van der Waals surface area contributed by atoms with E-state index in [9.17, 15) is 0 Å². The number of ether oxygens (including phenoxy) is 2. The number of hydrogen-bond donors (Lipinski definition) is 1. The Labute approximate surface area is 125 Å². The number of benzene rings is 1. The molecule has 4 heteroatoms. The molecule has 1 aliphatic heterocycles. The Morgan fingerprint density at radius 3 is 2.60 bits per heavy atom. The fourth-order valence-electron chi connectivity index (χ4n) is 3.70. The van der Waals surface area contributed by atoms with Gasteiger partial charge in [0.05, 0.1) is 10.7 Å². The van der Waals surface area contributed by atoms with Crippen molar-refractivity contribution in [1.29, 1.82) is 0 Å². The van der Waals surface area contributed by atoms with Crippen LogP contribution < -0.4 is 14.8 Å². The predicted octanol–water partition coefficient (Wildman–Crippen LogP) is 4.70. The highest BCUT2D eigenvalue weighted by Crippen LogP contribution is 2.43. The molecule has 0 spiro atoms. The molecule has 0 amide bonds. The number of rotatable bonds is 2. The third-order valence-electron chi connectivity index (χ3n) is 4.21. The summed E-state index contributed by atoms with van der Waals surface area (Å²) in [5.41, 5.74) is 1.34. The van der Waals surface area contributed by atoms with Crippen LogP contribution in [-0.2, 0) is 0 Å². The summed E-state index contributed by atoms with van der Waals surface area (Å²) in [5.74, 6) is 2.25. The van der Waals surface area contributed by atoms with Crippen molar-refractivity contribution in [2.24, 2.45) is 11.3 Å². The Kier molecular flexibility index (Phi) is 3.49. The first-order valence-electron chi connectivity index (χ1n) is 7.29. The first-order chi connectivity index (χ1) is 9.43. The van der Waals surface area contributed by atoms with Crippen LogP contribution >= 0.6 is 11.6 Å². The van der Waals surface area contributed by atoms with Crippen molar-refractivity contribution in [3.63, 3.8) is 0 Å². The summed E-state index contributed by atoms with van der Waals surface area (Å²) in [6, 6.07) is 4.26. The summed E-state index contributed by atoms with van der Waals surface area (Å²) in [6.07, 6.45) is 3.65. The highest BCUT2D eigenvalue weighted by molar-refractivity contribution is 6.33. The van der Waals surface area contributed by atoms with Gasteiger partial charge in [-0.05, 0) is 30.6 Å². The van der Waals surface area contributed by atoms with Crippen LogP contribution in [-0.4, -0.2) is 12.8 Å². The van der Waals surface area contributed by atoms with Gasteiger partial charge >= 0.3 is 0 Å². The van der Waals surface area contributed by atoms with Crippen molar-refractivity contribution in [3.05, 3.63) is 17.2 Å². The Morgan fingerprint density at radius 1 is 1.20 bits per heavy atom. The Bertz CT molecular complexity index is 515. The number of hydrogen-bond acceptors (Lipinski definition) is 3. The Hall–Kier alpha value is -1.09. The summed E-state index contributed by atoms with van der Waals surface area (Å²) in [5, 5.41) is 4.30. The first-order valence-corrected chi connectivity index (χ1v) is 7.66. The minimum Gasteiger partial charge on any atom is -0.454 e. The van der Waals surface area contributed by atoms with E-state index in [0.717, 1.165) is 23.1 Å². The molecule has 3 rings (SSSR count). The fraction of sp³-hybridized carbons (Fsp3) is 0.625. The van der Waals surface area contributed by atoms with Crippen molar-refractivity contribution in [2.75, 3.05) is 12.1 Å². The molecule has 2 aliphatic rings. The Morgan fingerprint density at radius 2 is 1.90 bits per heavy atom. The van der Waals surface area contributed by atoms with Crippen LogP contribution in [0.2, 0.25) is 5.02 Å². The third kappa shape index (κ3) is 2.83. The maximum atomic E-state index is 6.34. The van der Waals surface area contributed by atoms with Crippen molar-refractivity contribution in [1.82, 2.24) is 0 Å². The minimum absolute atomic E-state index is 0.280. The van der Waals surface area contributed by atoms with Gasteiger partial charge in [-0.3, -0.25) is 0 Å². The molecule has 2 atom stereocenters. The van der Waals surface area contributed by atoms with Crippen molar-refractivity contribution >= 4 is 17.3 Å². The maximum Gasteiger partial charge on any atom is 0.231 e. The van der Waals surface area contributed by atoms with E-state index in [0.29, 0.717) is 16.5 Å². The van der Waals surface area contributed by atoms with Gasteiger partial charge in [-0.2, -0.15) is 0 Å². The molecule has 1 aromatic rings. The number of halogens is 1. The molecule has 1 aliphatic carbocycles. The van der Waals surface area contributed by atoms with Gasteiger partial charge in [0.1, 0.15) is 0 Å². The molecule has 1 fully saturated rings. The molecule has 20 heavy (non-hydrogen) atoms. The molecular formula is C16H22ClNO2. The summed E-state index contributed by atoms with van der Waals surface area (Å²) in [7, 11) is 0. The zero-order valence-corrected chi connectivity index (χ0v) is 13.1. The van der Waals surface area contributed by atoms with Crippen LogP contribution in [0, 0.1) is 11.3 Å². The monoisotopic (exact) mass is 295 g/mol. The minimum atomic E-state index is 0.280. The van der Waals surface area contributed by atoms with E-state index in [2.05, 4.69) is 26.1 Å². The maximum absolute atomic E-state index is 6.34. The van der Waals surface area contributed by atoms with Gasteiger partial charge in [-0.15, -0.1) is 0 Å². The molecule has 3 nitrogen and oxygen atoms in total. The second-order valence-corrected chi connectivity index (χ2v) is 7.35. The zero-order chi connectivity index (χ0) is 14.3. The second-order valence-electron chi connectivity index (χ2n) is 6.94. The summed E-state index contributed by atoms with van der Waals surface area (Å²) >= 11 is 6.34. The van der Waals surface area contributed by atoms with Crippen LogP contribution in [0.5, 0.6) is 11.5 Å². The molecular weight excluding hydrogens is 274 g/mol. The lowest BCUT2D eigenvalue weighted by molar-refractivity contribution is 0.174. The highest BCUT2D eigenvalue weighted by Gasteiger charge is 2.32. The van der Waals surface area contributed by atoms with Crippen LogP contribution in [0.25, 0.3) is 0 Å². The van der Waals surface area contributed by atoms with E-state index in [4.69, 9.17) is 21.1 Å². The number of nitrogens with one attached hydrogen (secondary N) is 1. The zero-order valence-electron chi connectivity index (χ0n) is 12.3. The van der Waals surface area contributed by atoms with Crippen LogP contribution in [0.3, 0.4) is 0 Å². The molecule has 0 aromatic heterocycles. The SMILES string of the molecule is CC1CC(Nc2cc3c(cc2Cl)OCO3)CC(C)(C)C1. The molecule has 110 valence electrons. The summed E-state index contributed by atoms with van der Waals surface area (Å²) in [4.78, 5) is 0. The average Bonchev–Trinajstić information content (AvgIpc) is 2.73. The molecule has 1 aromatic carbocycles. The lowest BCUT2D eigenvalue weighted by Crippen LogP contribution is -2.35. The third-order valence-corrected chi connectivity index (χ3v) is 4.52. The van der Waals surface area contributed by atoms with E-state index in [1.165, 1.54) is 19.3 Å². The van der Waals surface area contributed by atoms with Gasteiger partial charge in [0, 0.05) is 18.2 Å². The van der Waals surface area contributed by atoms with E-state index in [1.54, 1.807) is 0 Å². The summed E-state index contributed by atoms with van der Waals surface area (Å²) < 4.78 is 10.8. The van der Waals surface area contributed by atoms with Crippen LogP contribution in [0.1, 0.15) is 40.0 Å². The topological polar surface area (TPSA) is 30.5 Å². The van der Waals surface area contributed by atoms with Gasteiger partial charge in [-0.25, -0.2) is 0 Å². The van der Waals surface area contributed by atoms with Crippen LogP contribution in [0.15, 0.2) is 12.1 Å². The molecule has 1 N–H and O–H groups in total. The molecule has 1 heterocycles. The number of anilines is 1. The van der Waals surface area contributed by atoms with Gasteiger partial charge in [0.15, 0.2) is 11.5 Å². The molecule has 0 radical (unpaired) electrons. The van der Waals surface area contributed by atoms with E-state index in [-0.39, 0.29) is 6.79 Å². The van der Waals surface area contributed by atoms with Crippen LogP contribution in [0.4, 0.5) is 5.69 Å². The fourth-order valence-corrected chi connectivity index (χ4v) is 3.91. The molecule has 1 saturated carbocycles. The molecule has 0 saturated heterocycles. The second kappa shape index (κ2) is 5.03. The van der Waals surface area contributed by atoms with E-state index >= 15 is 0 Å². The quantitative estimate of drug-likeness (QED) is 0.858. The number of fused-ring (bicyclic) bond motifs is 1. The lowest BCUT2D eigenvalue weighted by Gasteiger charge is -2.39. The van der Waals surface area contributed by atoms with Crippen molar-refractivity contribution in [2.45, 2.75) is 46.1 Å². The smallest absolute Gasteiger partial charge is 0.231 e. The highest BCUT2D eigenvalue weighted by atomic mass is 35.5. The first kappa shape index (κ1) is 13.9. The average molecular weight is 296 g/mol. The van der Waals surface area contributed by atoms with Gasteiger partial charge < -0.3 is 14.8 Å². The largest absolute Gasteiger partial charge is 0.454 e. The molecule has 0 bridgehead atoms. The van der Waals surface area contributed by atoms with E-state index < -0.39 is 0 Å². The van der Waals surface area contributed by atoms with E-state index in [1.807, 2.05) is 12.1 Å². The summed E-state index contributed by atoms with van der Waals surface area (Å²) in [6.45, 7) is 7.30. The lowest BCUT2D eigenvalue weighted by atomic mass is 9.70. The predicted molar refractivity (Wildman–Crippen MR) is 81.8 cm³/mol. The van der Waals surface area contributed by atoms with Gasteiger partial charge in [0.2, 0.25) is 6.79 Å². The molecule has 2 unspecified atom stereocenters. The van der Waals surface area contributed by atoms with Gasteiger partial charge in [0.25, 0.3) is 0 Å². The van der Waals surface area contributed by atoms with Crippen molar-refractivity contribution < 1.29 is 9.47 Å².